The van der Waals surface area contributed by atoms with Crippen LogP contribution in [-0.4, -0.2) is 29.3 Å². The summed E-state index contributed by atoms with van der Waals surface area (Å²) in [6.07, 6.45) is 2.56. The molecule has 0 atom stereocenters. The molecule has 4 rings (SSSR count). The highest BCUT2D eigenvalue weighted by Crippen LogP contribution is 2.33. The van der Waals surface area contributed by atoms with E-state index in [0.717, 1.165) is 33.8 Å². The van der Waals surface area contributed by atoms with Crippen LogP contribution in [0.4, 0.5) is 5.82 Å². The summed E-state index contributed by atoms with van der Waals surface area (Å²) in [6.45, 7) is 2.60. The Labute approximate surface area is 166 Å². The summed E-state index contributed by atoms with van der Waals surface area (Å²) in [6, 6.07) is 9.61. The van der Waals surface area contributed by atoms with Gasteiger partial charge < -0.3 is 19.3 Å². The Hall–Kier alpha value is -3.13. The van der Waals surface area contributed by atoms with Crippen molar-refractivity contribution < 1.29 is 14.0 Å². The van der Waals surface area contributed by atoms with E-state index in [4.69, 9.17) is 14.0 Å². The molecule has 0 aliphatic carbocycles. The van der Waals surface area contributed by atoms with Crippen LogP contribution in [0.25, 0.3) is 21.5 Å². The number of hydrogen-bond acceptors (Lipinski definition) is 8. The summed E-state index contributed by atoms with van der Waals surface area (Å²) in [4.78, 5) is 11.0. The van der Waals surface area contributed by atoms with Gasteiger partial charge in [0.15, 0.2) is 5.76 Å². The number of nitrogens with zero attached hydrogens (tertiary/aromatic N) is 3. The average Bonchev–Trinajstić information content (AvgIpc) is 3.38. The number of fused-ring (bicyclic) bond motifs is 1. The number of thiophene rings is 1. The standard InChI is InChI=1S/C20H20N4O3S/c1-4-14-9-16-19(22-11-23-20(16)28-14)21-10-13-7-17(24-27-13)15-6-5-12(25-2)8-18(15)26-3/h5-9,11H,4,10H2,1-3H3,(H,21,22,23). The number of benzene rings is 1. The first-order valence-corrected chi connectivity index (χ1v) is 9.68. The number of ether oxygens (including phenoxy) is 2. The number of hydrogen-bond donors (Lipinski definition) is 1. The molecule has 0 saturated heterocycles. The summed E-state index contributed by atoms with van der Waals surface area (Å²) in [5, 5.41) is 8.53. The van der Waals surface area contributed by atoms with E-state index in [-0.39, 0.29) is 0 Å². The average molecular weight is 396 g/mol. The minimum atomic E-state index is 0.467. The zero-order valence-electron chi connectivity index (χ0n) is 15.9. The molecule has 0 bridgehead atoms. The maximum absolute atomic E-state index is 5.50. The Morgan fingerprint density at radius 3 is 2.79 bits per heavy atom. The third-order valence-electron chi connectivity index (χ3n) is 4.40. The van der Waals surface area contributed by atoms with E-state index >= 15 is 0 Å². The Morgan fingerprint density at radius 1 is 1.11 bits per heavy atom. The molecule has 1 N–H and O–H groups in total. The van der Waals surface area contributed by atoms with Gasteiger partial charge in [0.2, 0.25) is 0 Å². The van der Waals surface area contributed by atoms with Crippen LogP contribution in [0.1, 0.15) is 17.6 Å². The van der Waals surface area contributed by atoms with E-state index in [1.54, 1.807) is 31.9 Å². The number of aromatic nitrogens is 3. The zero-order chi connectivity index (χ0) is 19.5. The van der Waals surface area contributed by atoms with E-state index in [1.165, 1.54) is 4.88 Å². The highest BCUT2D eigenvalue weighted by molar-refractivity contribution is 7.18. The van der Waals surface area contributed by atoms with Gasteiger partial charge in [-0.3, -0.25) is 0 Å². The summed E-state index contributed by atoms with van der Waals surface area (Å²) in [5.74, 6) is 2.89. The van der Waals surface area contributed by atoms with Crippen LogP contribution in [0.15, 0.2) is 41.2 Å². The van der Waals surface area contributed by atoms with E-state index in [2.05, 4.69) is 33.4 Å². The predicted octanol–water partition coefficient (Wildman–Crippen LogP) is 4.54. The molecule has 28 heavy (non-hydrogen) atoms. The molecule has 3 heterocycles. The van der Waals surface area contributed by atoms with Gasteiger partial charge in [-0.1, -0.05) is 12.1 Å². The van der Waals surface area contributed by atoms with Crippen molar-refractivity contribution in [3.05, 3.63) is 47.3 Å². The second kappa shape index (κ2) is 7.85. The van der Waals surface area contributed by atoms with Crippen LogP contribution in [-0.2, 0) is 13.0 Å². The Balaban J connectivity index is 1.54. The molecule has 8 heteroatoms. The molecule has 1 aromatic carbocycles. The number of methoxy groups -OCH3 is 2. The Kier molecular flexibility index (Phi) is 5.12. The molecule has 144 valence electrons. The number of rotatable bonds is 7. The lowest BCUT2D eigenvalue weighted by molar-refractivity contribution is 0.386. The van der Waals surface area contributed by atoms with Gasteiger partial charge in [0.05, 0.1) is 26.2 Å². The first-order valence-electron chi connectivity index (χ1n) is 8.87. The second-order valence-corrected chi connectivity index (χ2v) is 7.22. The largest absolute Gasteiger partial charge is 0.497 e. The van der Waals surface area contributed by atoms with Gasteiger partial charge in [-0.2, -0.15) is 0 Å². The quantitative estimate of drug-likeness (QED) is 0.491. The van der Waals surface area contributed by atoms with E-state index in [0.29, 0.717) is 23.7 Å². The van der Waals surface area contributed by atoms with E-state index < -0.39 is 0 Å². The smallest absolute Gasteiger partial charge is 0.156 e. The van der Waals surface area contributed by atoms with Crippen molar-refractivity contribution in [3.63, 3.8) is 0 Å². The molecular weight excluding hydrogens is 376 g/mol. The van der Waals surface area contributed by atoms with Crippen molar-refractivity contribution in [2.75, 3.05) is 19.5 Å². The fourth-order valence-electron chi connectivity index (χ4n) is 2.92. The molecule has 0 aliphatic rings. The highest BCUT2D eigenvalue weighted by Gasteiger charge is 2.14. The maximum atomic E-state index is 5.50. The lowest BCUT2D eigenvalue weighted by Crippen LogP contribution is -2.00. The van der Waals surface area contributed by atoms with Crippen LogP contribution in [0.2, 0.25) is 0 Å². The number of anilines is 1. The van der Waals surface area contributed by atoms with Gasteiger partial charge in [-0.15, -0.1) is 11.3 Å². The highest BCUT2D eigenvalue weighted by atomic mass is 32.1. The summed E-state index contributed by atoms with van der Waals surface area (Å²) in [5.41, 5.74) is 1.54. The van der Waals surface area contributed by atoms with Crippen molar-refractivity contribution in [1.29, 1.82) is 0 Å². The molecule has 0 spiro atoms. The summed E-state index contributed by atoms with van der Waals surface area (Å²) in [7, 11) is 3.24. The summed E-state index contributed by atoms with van der Waals surface area (Å²) >= 11 is 1.69. The van der Waals surface area contributed by atoms with Crippen LogP contribution < -0.4 is 14.8 Å². The third-order valence-corrected chi connectivity index (χ3v) is 5.59. The van der Waals surface area contributed by atoms with Gasteiger partial charge in [-0.25, -0.2) is 9.97 Å². The van der Waals surface area contributed by atoms with E-state index in [9.17, 15) is 0 Å². The Bertz CT molecular complexity index is 1110. The van der Waals surface area contributed by atoms with E-state index in [1.807, 2.05) is 24.3 Å². The van der Waals surface area contributed by atoms with Crippen LogP contribution in [0.5, 0.6) is 11.5 Å². The molecule has 0 saturated carbocycles. The minimum Gasteiger partial charge on any atom is -0.497 e. The lowest BCUT2D eigenvalue weighted by atomic mass is 10.1. The van der Waals surface area contributed by atoms with Crippen molar-refractivity contribution in [2.24, 2.45) is 0 Å². The SMILES string of the molecule is CCc1cc2c(NCc3cc(-c4ccc(OC)cc4OC)no3)ncnc2s1. The Morgan fingerprint density at radius 2 is 2.00 bits per heavy atom. The molecule has 0 unspecified atom stereocenters. The molecule has 0 aliphatic heterocycles. The van der Waals surface area contributed by atoms with Crippen molar-refractivity contribution >= 4 is 27.4 Å². The van der Waals surface area contributed by atoms with Gasteiger partial charge >= 0.3 is 0 Å². The number of nitrogens with one attached hydrogen (secondary N) is 1. The van der Waals surface area contributed by atoms with Crippen molar-refractivity contribution in [3.8, 4) is 22.8 Å². The summed E-state index contributed by atoms with van der Waals surface area (Å²) < 4.78 is 16.2. The van der Waals surface area contributed by atoms with Gasteiger partial charge in [0.1, 0.15) is 34.2 Å². The molecule has 7 nitrogen and oxygen atoms in total. The lowest BCUT2D eigenvalue weighted by Gasteiger charge is -2.07. The maximum Gasteiger partial charge on any atom is 0.156 e. The van der Waals surface area contributed by atoms with Gasteiger partial charge in [0, 0.05) is 22.6 Å². The first kappa shape index (κ1) is 18.2. The van der Waals surface area contributed by atoms with Crippen molar-refractivity contribution in [1.82, 2.24) is 15.1 Å². The van der Waals surface area contributed by atoms with Crippen molar-refractivity contribution in [2.45, 2.75) is 19.9 Å². The van der Waals surface area contributed by atoms with Crippen LogP contribution in [0, 0.1) is 0 Å². The zero-order valence-corrected chi connectivity index (χ0v) is 16.7. The molecule has 0 fully saturated rings. The number of aryl methyl sites for hydroxylation is 1. The van der Waals surface area contributed by atoms with Crippen LogP contribution in [0.3, 0.4) is 0 Å². The molecular formula is C20H20N4O3S. The molecule has 0 radical (unpaired) electrons. The molecule has 4 aromatic rings. The third kappa shape index (κ3) is 3.50. The molecule has 3 aromatic heterocycles. The predicted molar refractivity (Wildman–Crippen MR) is 109 cm³/mol. The second-order valence-electron chi connectivity index (χ2n) is 6.11. The van der Waals surface area contributed by atoms with Crippen LogP contribution >= 0.6 is 11.3 Å². The van der Waals surface area contributed by atoms with Gasteiger partial charge in [0.25, 0.3) is 0 Å². The monoisotopic (exact) mass is 396 g/mol. The fraction of sp³-hybridized carbons (Fsp3) is 0.250. The van der Waals surface area contributed by atoms with Gasteiger partial charge in [-0.05, 0) is 24.6 Å². The first-order chi connectivity index (χ1) is 13.7. The minimum absolute atomic E-state index is 0.467. The normalized spacial score (nSPS) is 11.0. The fourth-order valence-corrected chi connectivity index (χ4v) is 3.86. The molecule has 0 amide bonds. The topological polar surface area (TPSA) is 82.3 Å².